The molecule has 0 aromatic rings. The second-order valence-electron chi connectivity index (χ2n) is 4.11. The van der Waals surface area contributed by atoms with Crippen LogP contribution in [0.3, 0.4) is 0 Å². The van der Waals surface area contributed by atoms with Gasteiger partial charge in [-0.05, 0) is 39.8 Å². The highest BCUT2D eigenvalue weighted by Crippen LogP contribution is 2.19. The summed E-state index contributed by atoms with van der Waals surface area (Å²) in [6.07, 6.45) is 4.73. The van der Waals surface area contributed by atoms with Gasteiger partial charge in [-0.2, -0.15) is 0 Å². The SMILES string of the molecule is CCCNCC1(C)NCCC=C1C. The highest BCUT2D eigenvalue weighted by atomic mass is 15.0. The third-order valence-corrected chi connectivity index (χ3v) is 2.89. The lowest BCUT2D eigenvalue weighted by Gasteiger charge is -2.35. The Morgan fingerprint density at radius 1 is 1.62 bits per heavy atom. The quantitative estimate of drug-likeness (QED) is 0.510. The monoisotopic (exact) mass is 182 g/mol. The van der Waals surface area contributed by atoms with E-state index >= 15 is 0 Å². The first kappa shape index (κ1) is 10.7. The Labute approximate surface area is 81.8 Å². The molecule has 0 spiro atoms. The summed E-state index contributed by atoms with van der Waals surface area (Å²) >= 11 is 0. The number of rotatable bonds is 4. The van der Waals surface area contributed by atoms with Gasteiger partial charge in [0.1, 0.15) is 0 Å². The van der Waals surface area contributed by atoms with Crippen LogP contribution in [0.25, 0.3) is 0 Å². The van der Waals surface area contributed by atoms with Crippen molar-refractivity contribution in [3.8, 4) is 0 Å². The van der Waals surface area contributed by atoms with Crippen LogP contribution in [0.15, 0.2) is 11.6 Å². The van der Waals surface area contributed by atoms with Crippen LogP contribution in [0, 0.1) is 0 Å². The Bertz CT molecular complexity index is 187. The van der Waals surface area contributed by atoms with Crippen molar-refractivity contribution < 1.29 is 0 Å². The first-order valence-corrected chi connectivity index (χ1v) is 5.32. The Kier molecular flexibility index (Phi) is 3.94. The Balaban J connectivity index is 2.43. The van der Waals surface area contributed by atoms with Crippen molar-refractivity contribution >= 4 is 0 Å². The minimum atomic E-state index is 0.188. The van der Waals surface area contributed by atoms with Gasteiger partial charge in [-0.1, -0.05) is 18.6 Å². The first-order valence-electron chi connectivity index (χ1n) is 5.32. The van der Waals surface area contributed by atoms with Gasteiger partial charge >= 0.3 is 0 Å². The van der Waals surface area contributed by atoms with E-state index in [2.05, 4.69) is 37.5 Å². The molecule has 2 heteroatoms. The predicted molar refractivity (Wildman–Crippen MR) is 57.9 cm³/mol. The third-order valence-electron chi connectivity index (χ3n) is 2.89. The summed E-state index contributed by atoms with van der Waals surface area (Å²) in [7, 11) is 0. The van der Waals surface area contributed by atoms with Crippen LogP contribution in [0.5, 0.6) is 0 Å². The molecule has 1 atom stereocenters. The highest BCUT2D eigenvalue weighted by molar-refractivity contribution is 5.20. The molecule has 0 radical (unpaired) electrons. The summed E-state index contributed by atoms with van der Waals surface area (Å²) in [4.78, 5) is 0. The van der Waals surface area contributed by atoms with E-state index in [0.29, 0.717) is 0 Å². The number of hydrogen-bond acceptors (Lipinski definition) is 2. The molecule has 0 amide bonds. The fraction of sp³-hybridized carbons (Fsp3) is 0.818. The first-order chi connectivity index (χ1) is 6.19. The highest BCUT2D eigenvalue weighted by Gasteiger charge is 2.26. The van der Waals surface area contributed by atoms with E-state index < -0.39 is 0 Å². The second kappa shape index (κ2) is 4.77. The molecule has 1 aliphatic rings. The van der Waals surface area contributed by atoms with Gasteiger partial charge in [0.15, 0.2) is 0 Å². The van der Waals surface area contributed by atoms with Crippen LogP contribution in [-0.2, 0) is 0 Å². The van der Waals surface area contributed by atoms with Crippen molar-refractivity contribution in [3.63, 3.8) is 0 Å². The van der Waals surface area contributed by atoms with Crippen LogP contribution in [0.2, 0.25) is 0 Å². The Morgan fingerprint density at radius 3 is 3.00 bits per heavy atom. The molecular weight excluding hydrogens is 160 g/mol. The van der Waals surface area contributed by atoms with Crippen molar-refractivity contribution in [2.24, 2.45) is 0 Å². The van der Waals surface area contributed by atoms with Crippen molar-refractivity contribution in [1.82, 2.24) is 10.6 Å². The van der Waals surface area contributed by atoms with E-state index in [4.69, 9.17) is 0 Å². The maximum absolute atomic E-state index is 3.57. The van der Waals surface area contributed by atoms with E-state index in [1.807, 2.05) is 0 Å². The maximum Gasteiger partial charge on any atom is 0.0489 e. The molecule has 1 unspecified atom stereocenters. The normalized spacial score (nSPS) is 28.7. The van der Waals surface area contributed by atoms with Crippen LogP contribution < -0.4 is 10.6 Å². The summed E-state index contributed by atoms with van der Waals surface area (Å²) < 4.78 is 0. The van der Waals surface area contributed by atoms with Gasteiger partial charge in [0, 0.05) is 12.1 Å². The standard InChI is InChI=1S/C11H22N2/c1-4-7-12-9-11(3)10(2)6-5-8-13-11/h6,12-13H,4-5,7-9H2,1-3H3. The van der Waals surface area contributed by atoms with E-state index in [9.17, 15) is 0 Å². The molecule has 0 aliphatic carbocycles. The molecule has 0 aromatic carbocycles. The van der Waals surface area contributed by atoms with Crippen LogP contribution in [0.1, 0.15) is 33.6 Å². The van der Waals surface area contributed by atoms with Crippen LogP contribution in [-0.4, -0.2) is 25.2 Å². The zero-order valence-electron chi connectivity index (χ0n) is 9.11. The molecule has 2 N–H and O–H groups in total. The minimum absolute atomic E-state index is 0.188. The fourth-order valence-corrected chi connectivity index (χ4v) is 1.72. The second-order valence-corrected chi connectivity index (χ2v) is 4.11. The van der Waals surface area contributed by atoms with Crippen molar-refractivity contribution in [2.45, 2.75) is 39.2 Å². The molecule has 0 bridgehead atoms. The number of nitrogens with one attached hydrogen (secondary N) is 2. The van der Waals surface area contributed by atoms with E-state index in [1.165, 1.54) is 18.4 Å². The van der Waals surface area contributed by atoms with Crippen LogP contribution in [0.4, 0.5) is 0 Å². The van der Waals surface area contributed by atoms with E-state index in [-0.39, 0.29) is 5.54 Å². The molecule has 0 fully saturated rings. The van der Waals surface area contributed by atoms with Crippen molar-refractivity contribution in [2.75, 3.05) is 19.6 Å². The lowest BCUT2D eigenvalue weighted by Crippen LogP contribution is -2.53. The van der Waals surface area contributed by atoms with Crippen molar-refractivity contribution in [3.05, 3.63) is 11.6 Å². The maximum atomic E-state index is 3.57. The van der Waals surface area contributed by atoms with Gasteiger partial charge in [0.2, 0.25) is 0 Å². The van der Waals surface area contributed by atoms with E-state index in [1.54, 1.807) is 0 Å². The summed E-state index contributed by atoms with van der Waals surface area (Å²) in [5.74, 6) is 0. The Hall–Kier alpha value is -0.340. The topological polar surface area (TPSA) is 24.1 Å². The largest absolute Gasteiger partial charge is 0.315 e. The Morgan fingerprint density at radius 2 is 2.38 bits per heavy atom. The predicted octanol–water partition coefficient (Wildman–Crippen LogP) is 1.68. The molecule has 0 saturated heterocycles. The average Bonchev–Trinajstić information content (AvgIpc) is 2.11. The molecule has 0 saturated carbocycles. The zero-order chi connectivity index (χ0) is 9.73. The molecular formula is C11H22N2. The van der Waals surface area contributed by atoms with Gasteiger partial charge in [-0.15, -0.1) is 0 Å². The fourth-order valence-electron chi connectivity index (χ4n) is 1.72. The summed E-state index contributed by atoms with van der Waals surface area (Å²) in [6, 6.07) is 0. The summed E-state index contributed by atoms with van der Waals surface area (Å²) in [6.45, 7) is 9.97. The average molecular weight is 182 g/mol. The summed E-state index contributed by atoms with van der Waals surface area (Å²) in [5, 5.41) is 7.05. The van der Waals surface area contributed by atoms with Crippen LogP contribution >= 0.6 is 0 Å². The molecule has 76 valence electrons. The smallest absolute Gasteiger partial charge is 0.0489 e. The van der Waals surface area contributed by atoms with Gasteiger partial charge in [0.05, 0.1) is 0 Å². The van der Waals surface area contributed by atoms with Gasteiger partial charge in [-0.25, -0.2) is 0 Å². The van der Waals surface area contributed by atoms with Gasteiger partial charge in [-0.3, -0.25) is 0 Å². The lowest BCUT2D eigenvalue weighted by molar-refractivity contribution is 0.376. The zero-order valence-corrected chi connectivity index (χ0v) is 9.11. The molecule has 0 aromatic heterocycles. The molecule has 1 rings (SSSR count). The lowest BCUT2D eigenvalue weighted by atomic mass is 9.89. The molecule has 1 aliphatic heterocycles. The molecule has 13 heavy (non-hydrogen) atoms. The van der Waals surface area contributed by atoms with Crippen molar-refractivity contribution in [1.29, 1.82) is 0 Å². The van der Waals surface area contributed by atoms with Gasteiger partial charge < -0.3 is 10.6 Å². The third kappa shape index (κ3) is 2.82. The molecule has 1 heterocycles. The minimum Gasteiger partial charge on any atom is -0.315 e. The number of hydrogen-bond donors (Lipinski definition) is 2. The van der Waals surface area contributed by atoms with Gasteiger partial charge in [0.25, 0.3) is 0 Å². The molecule has 2 nitrogen and oxygen atoms in total. The van der Waals surface area contributed by atoms with E-state index in [0.717, 1.165) is 19.6 Å². The summed E-state index contributed by atoms with van der Waals surface area (Å²) in [5.41, 5.74) is 1.66.